The first-order valence-corrected chi connectivity index (χ1v) is 9.51. The standard InChI is InChI=1S/C22H27NO3/c1-15-3-7-19-18(11-15)9-10-23(25,14-16-4-5-16)20(19)12-17-6-8-22(26-2)21(24)13-17/h3,6-8,11,13,16,20,24H,4-5,9-10,12,14H2,1-2H3/t20-,23+/m0/s1. The highest BCUT2D eigenvalue weighted by Crippen LogP contribution is 2.43. The van der Waals surface area contributed by atoms with E-state index in [2.05, 4.69) is 25.1 Å². The lowest BCUT2D eigenvalue weighted by atomic mass is 9.87. The zero-order valence-corrected chi connectivity index (χ0v) is 15.6. The Morgan fingerprint density at radius 2 is 2.00 bits per heavy atom. The number of hydrogen-bond donors (Lipinski definition) is 1. The number of phenolic OH excluding ortho intramolecular Hbond substituents is 1. The molecule has 2 atom stereocenters. The Morgan fingerprint density at radius 3 is 2.69 bits per heavy atom. The molecule has 1 aliphatic carbocycles. The number of hydrogen-bond acceptors (Lipinski definition) is 3. The molecule has 1 saturated carbocycles. The zero-order chi connectivity index (χ0) is 18.3. The van der Waals surface area contributed by atoms with Gasteiger partial charge in [0.05, 0.1) is 20.2 Å². The summed E-state index contributed by atoms with van der Waals surface area (Å²) >= 11 is 0. The summed E-state index contributed by atoms with van der Waals surface area (Å²) in [5, 5.41) is 23.9. The molecule has 0 spiro atoms. The number of fused-ring (bicyclic) bond motifs is 1. The van der Waals surface area contributed by atoms with Crippen molar-refractivity contribution in [1.29, 1.82) is 0 Å². The average molecular weight is 353 g/mol. The van der Waals surface area contributed by atoms with Gasteiger partial charge < -0.3 is 19.7 Å². The molecule has 0 amide bonds. The number of ether oxygens (including phenoxy) is 1. The maximum Gasteiger partial charge on any atom is 0.160 e. The maximum atomic E-state index is 13.8. The summed E-state index contributed by atoms with van der Waals surface area (Å²) in [6, 6.07) is 11.9. The lowest BCUT2D eigenvalue weighted by Gasteiger charge is -2.52. The Morgan fingerprint density at radius 1 is 1.19 bits per heavy atom. The van der Waals surface area contributed by atoms with Gasteiger partial charge in [0.1, 0.15) is 6.04 Å². The van der Waals surface area contributed by atoms with Crippen LogP contribution in [0.4, 0.5) is 0 Å². The second kappa shape index (κ2) is 6.60. The molecular weight excluding hydrogens is 326 g/mol. The summed E-state index contributed by atoms with van der Waals surface area (Å²) < 4.78 is 5.01. The molecule has 2 aliphatic rings. The van der Waals surface area contributed by atoms with Crippen molar-refractivity contribution in [3.05, 3.63) is 63.9 Å². The fourth-order valence-electron chi connectivity index (χ4n) is 4.31. The van der Waals surface area contributed by atoms with Crippen molar-refractivity contribution in [3.63, 3.8) is 0 Å². The van der Waals surface area contributed by atoms with Gasteiger partial charge in [-0.25, -0.2) is 0 Å². The molecule has 4 heteroatoms. The summed E-state index contributed by atoms with van der Waals surface area (Å²) in [4.78, 5) is 0. The summed E-state index contributed by atoms with van der Waals surface area (Å²) in [5.74, 6) is 1.19. The van der Waals surface area contributed by atoms with Crippen molar-refractivity contribution < 1.29 is 14.5 Å². The highest BCUT2D eigenvalue weighted by Gasteiger charge is 2.40. The van der Waals surface area contributed by atoms with E-state index in [9.17, 15) is 10.3 Å². The van der Waals surface area contributed by atoms with E-state index in [1.165, 1.54) is 29.5 Å². The van der Waals surface area contributed by atoms with E-state index in [1.807, 2.05) is 6.07 Å². The number of aryl methyl sites for hydroxylation is 1. The van der Waals surface area contributed by atoms with Crippen LogP contribution in [0.2, 0.25) is 0 Å². The number of aromatic hydroxyl groups is 1. The van der Waals surface area contributed by atoms with Crippen molar-refractivity contribution >= 4 is 0 Å². The molecule has 2 aromatic rings. The Balaban J connectivity index is 1.69. The van der Waals surface area contributed by atoms with E-state index in [0.717, 1.165) is 18.5 Å². The van der Waals surface area contributed by atoms with Gasteiger partial charge in [0, 0.05) is 24.3 Å². The lowest BCUT2D eigenvalue weighted by molar-refractivity contribution is -0.915. The van der Waals surface area contributed by atoms with Crippen molar-refractivity contribution in [2.24, 2.45) is 5.92 Å². The minimum absolute atomic E-state index is 0.104. The van der Waals surface area contributed by atoms with Gasteiger partial charge >= 0.3 is 0 Å². The van der Waals surface area contributed by atoms with Crippen molar-refractivity contribution in [3.8, 4) is 11.5 Å². The van der Waals surface area contributed by atoms with E-state index in [-0.39, 0.29) is 16.4 Å². The van der Waals surface area contributed by atoms with E-state index < -0.39 is 0 Å². The largest absolute Gasteiger partial charge is 0.632 e. The topological polar surface area (TPSA) is 52.5 Å². The Hall–Kier alpha value is -2.04. The molecule has 0 saturated heterocycles. The van der Waals surface area contributed by atoms with E-state index >= 15 is 0 Å². The molecule has 4 rings (SSSR count). The number of nitrogens with zero attached hydrogens (tertiary/aromatic N) is 1. The average Bonchev–Trinajstić information content (AvgIpc) is 3.41. The van der Waals surface area contributed by atoms with Gasteiger partial charge in [-0.3, -0.25) is 0 Å². The van der Waals surface area contributed by atoms with E-state index in [1.54, 1.807) is 19.2 Å². The van der Waals surface area contributed by atoms with Crippen molar-refractivity contribution in [1.82, 2.24) is 0 Å². The van der Waals surface area contributed by atoms with Crippen LogP contribution in [0.5, 0.6) is 11.5 Å². The summed E-state index contributed by atoms with van der Waals surface area (Å²) in [5.41, 5.74) is 4.73. The fourth-order valence-corrected chi connectivity index (χ4v) is 4.31. The molecule has 1 fully saturated rings. The highest BCUT2D eigenvalue weighted by molar-refractivity contribution is 5.43. The predicted octanol–water partition coefficient (Wildman–Crippen LogP) is 4.27. The molecule has 0 aromatic heterocycles. The Bertz CT molecular complexity index is 815. The third-order valence-corrected chi connectivity index (χ3v) is 5.92. The number of methoxy groups -OCH3 is 1. The molecule has 1 aliphatic heterocycles. The van der Waals surface area contributed by atoms with Crippen LogP contribution in [0, 0.1) is 18.0 Å². The van der Waals surface area contributed by atoms with E-state index in [0.29, 0.717) is 24.6 Å². The first-order valence-electron chi connectivity index (χ1n) is 9.51. The first-order chi connectivity index (χ1) is 12.5. The van der Waals surface area contributed by atoms with Crippen molar-refractivity contribution in [2.75, 3.05) is 20.2 Å². The number of rotatable bonds is 5. The minimum atomic E-state index is -0.131. The quantitative estimate of drug-likeness (QED) is 0.645. The van der Waals surface area contributed by atoms with Gasteiger partial charge in [-0.2, -0.15) is 0 Å². The molecule has 1 heterocycles. The number of phenols is 1. The summed E-state index contributed by atoms with van der Waals surface area (Å²) in [6.45, 7) is 3.48. The Kier molecular flexibility index (Phi) is 4.41. The van der Waals surface area contributed by atoms with Gasteiger partial charge in [0.2, 0.25) is 0 Å². The molecule has 1 N–H and O–H groups in total. The van der Waals surface area contributed by atoms with Gasteiger partial charge in [-0.15, -0.1) is 0 Å². The van der Waals surface area contributed by atoms with Gasteiger partial charge in [0.15, 0.2) is 11.5 Å². The monoisotopic (exact) mass is 353 g/mol. The molecule has 2 aromatic carbocycles. The van der Waals surface area contributed by atoms with Crippen molar-refractivity contribution in [2.45, 2.75) is 38.6 Å². The maximum absolute atomic E-state index is 13.8. The van der Waals surface area contributed by atoms with Crippen LogP contribution in [0.15, 0.2) is 36.4 Å². The molecular formula is C22H27NO3. The third-order valence-electron chi connectivity index (χ3n) is 5.92. The molecule has 26 heavy (non-hydrogen) atoms. The first kappa shape index (κ1) is 17.4. The van der Waals surface area contributed by atoms with Crippen LogP contribution in [-0.4, -0.2) is 30.0 Å². The Labute approximate surface area is 155 Å². The fraction of sp³-hybridized carbons (Fsp3) is 0.455. The minimum Gasteiger partial charge on any atom is -0.632 e. The lowest BCUT2D eigenvalue weighted by Crippen LogP contribution is -2.51. The summed E-state index contributed by atoms with van der Waals surface area (Å²) in [6.07, 6.45) is 3.89. The SMILES string of the molecule is COc1ccc(C[C@H]2c3ccc(C)cc3CC[N@@+]2([O-])CC2CC2)cc1O. The number of hydroxylamine groups is 3. The molecule has 0 radical (unpaired) electrons. The third kappa shape index (κ3) is 3.31. The van der Waals surface area contributed by atoms with Crippen LogP contribution >= 0.6 is 0 Å². The van der Waals surface area contributed by atoms with Gasteiger partial charge in [0.25, 0.3) is 0 Å². The predicted molar refractivity (Wildman–Crippen MR) is 102 cm³/mol. The smallest absolute Gasteiger partial charge is 0.160 e. The summed E-state index contributed by atoms with van der Waals surface area (Å²) in [7, 11) is 1.55. The zero-order valence-electron chi connectivity index (χ0n) is 15.6. The normalized spacial score (nSPS) is 25.0. The van der Waals surface area contributed by atoms with Crippen LogP contribution in [-0.2, 0) is 12.8 Å². The molecule has 4 nitrogen and oxygen atoms in total. The number of quaternary nitrogens is 1. The molecule has 0 unspecified atom stereocenters. The second-order valence-corrected chi connectivity index (χ2v) is 7.98. The van der Waals surface area contributed by atoms with Crippen LogP contribution in [0.3, 0.4) is 0 Å². The second-order valence-electron chi connectivity index (χ2n) is 7.98. The molecule has 0 bridgehead atoms. The highest BCUT2D eigenvalue weighted by atomic mass is 16.5. The molecule has 138 valence electrons. The van der Waals surface area contributed by atoms with Crippen LogP contribution < -0.4 is 4.74 Å². The number of benzene rings is 2. The van der Waals surface area contributed by atoms with Gasteiger partial charge in [-0.1, -0.05) is 29.8 Å². The van der Waals surface area contributed by atoms with Crippen LogP contribution in [0.25, 0.3) is 0 Å². The van der Waals surface area contributed by atoms with Crippen LogP contribution in [0.1, 0.15) is 41.1 Å². The van der Waals surface area contributed by atoms with Gasteiger partial charge in [-0.05, 0) is 43.0 Å². The van der Waals surface area contributed by atoms with E-state index in [4.69, 9.17) is 4.74 Å².